The molecule has 5 nitrogen and oxygen atoms in total. The molecule has 0 unspecified atom stereocenters. The molecule has 1 amide bonds. The van der Waals surface area contributed by atoms with E-state index >= 15 is 0 Å². The molecular weight excluding hydrogens is 158 g/mol. The molecule has 1 N–H and O–H groups in total. The number of rotatable bonds is 2. The van der Waals surface area contributed by atoms with Crippen LogP contribution in [0.3, 0.4) is 0 Å². The van der Waals surface area contributed by atoms with Gasteiger partial charge in [0.25, 0.3) is 0 Å². The highest BCUT2D eigenvalue weighted by Gasteiger charge is 2.19. The Morgan fingerprint density at radius 3 is 2.50 bits per heavy atom. The third-order valence-electron chi connectivity index (χ3n) is 1.11. The fourth-order valence-electron chi connectivity index (χ4n) is 0.618. The van der Waals surface area contributed by atoms with E-state index in [9.17, 15) is 4.79 Å². The molecule has 12 heavy (non-hydrogen) atoms. The van der Waals surface area contributed by atoms with Crippen LogP contribution >= 0.6 is 0 Å². The Morgan fingerprint density at radius 1 is 1.50 bits per heavy atom. The van der Waals surface area contributed by atoms with Crippen molar-refractivity contribution in [1.82, 2.24) is 5.32 Å². The molecule has 0 aromatic heterocycles. The quantitative estimate of drug-likeness (QED) is 0.680. The normalized spacial score (nSPS) is 15.9. The molecule has 68 valence electrons. The van der Waals surface area contributed by atoms with Crippen molar-refractivity contribution < 1.29 is 9.53 Å². The Morgan fingerprint density at radius 2 is 2.08 bits per heavy atom. The first kappa shape index (κ1) is 8.96. The minimum absolute atomic E-state index is 0.0440. The molecule has 1 heterocycles. The number of hydrogen-bond donors (Lipinski definition) is 1. The predicted octanol–water partition coefficient (Wildman–Crippen LogP) is 1.30. The van der Waals surface area contributed by atoms with Crippen molar-refractivity contribution >= 4 is 6.09 Å². The average molecular weight is 171 g/mol. The van der Waals surface area contributed by atoms with Gasteiger partial charge >= 0.3 is 6.09 Å². The van der Waals surface area contributed by atoms with Crippen LogP contribution in [0.5, 0.6) is 0 Å². The van der Waals surface area contributed by atoms with E-state index in [4.69, 9.17) is 4.74 Å². The first-order chi connectivity index (χ1) is 5.47. The van der Waals surface area contributed by atoms with E-state index in [0.29, 0.717) is 6.54 Å². The summed E-state index contributed by atoms with van der Waals surface area (Å²) in [5.41, 5.74) is -0.443. The molecule has 0 aromatic carbocycles. The zero-order valence-corrected chi connectivity index (χ0v) is 7.50. The molecule has 1 rings (SSSR count). The summed E-state index contributed by atoms with van der Waals surface area (Å²) < 4.78 is 4.98. The van der Waals surface area contributed by atoms with Gasteiger partial charge in [-0.3, -0.25) is 0 Å². The highest BCUT2D eigenvalue weighted by molar-refractivity contribution is 5.67. The maximum atomic E-state index is 11.0. The molecule has 0 radical (unpaired) electrons. The van der Waals surface area contributed by atoms with E-state index in [1.807, 2.05) is 20.8 Å². The zero-order chi connectivity index (χ0) is 9.19. The van der Waals surface area contributed by atoms with Crippen molar-refractivity contribution in [2.75, 3.05) is 6.54 Å². The van der Waals surface area contributed by atoms with Gasteiger partial charge < -0.3 is 10.1 Å². The van der Waals surface area contributed by atoms with Crippen LogP contribution < -0.4 is 5.32 Å². The second kappa shape index (κ2) is 3.08. The summed E-state index contributed by atoms with van der Waals surface area (Å²) in [5, 5.41) is 9.80. The summed E-state index contributed by atoms with van der Waals surface area (Å²) >= 11 is 0. The molecule has 0 aliphatic carbocycles. The molecule has 1 aliphatic heterocycles. The minimum atomic E-state index is -0.443. The highest BCUT2D eigenvalue weighted by Crippen LogP contribution is 2.09. The Bertz CT molecular complexity index is 201. The number of alkyl carbamates (subject to hydrolysis) is 1. The van der Waals surface area contributed by atoms with Gasteiger partial charge in [0, 0.05) is 0 Å². The molecule has 0 aromatic rings. The van der Waals surface area contributed by atoms with Gasteiger partial charge in [-0.2, -0.15) is 10.2 Å². The summed E-state index contributed by atoms with van der Waals surface area (Å²) in [6.45, 7) is 5.89. The lowest BCUT2D eigenvalue weighted by atomic mass is 10.2. The Balaban J connectivity index is 2.10. The number of hydrogen-bond acceptors (Lipinski definition) is 4. The molecule has 0 atom stereocenters. The van der Waals surface area contributed by atoms with Crippen molar-refractivity contribution in [2.24, 2.45) is 10.2 Å². The maximum Gasteiger partial charge on any atom is 0.407 e. The molecule has 0 bridgehead atoms. The van der Waals surface area contributed by atoms with Crippen LogP contribution in [0, 0.1) is 0 Å². The lowest BCUT2D eigenvalue weighted by Crippen LogP contribution is -2.34. The summed E-state index contributed by atoms with van der Waals surface area (Å²) in [7, 11) is 0. The Hall–Kier alpha value is -1.13. The van der Waals surface area contributed by atoms with E-state index in [2.05, 4.69) is 15.5 Å². The fourth-order valence-corrected chi connectivity index (χ4v) is 0.618. The molecule has 0 saturated heterocycles. The number of nitrogens with zero attached hydrogens (tertiary/aromatic N) is 2. The Kier molecular flexibility index (Phi) is 2.30. The van der Waals surface area contributed by atoms with Crippen molar-refractivity contribution in [1.29, 1.82) is 0 Å². The monoisotopic (exact) mass is 171 g/mol. The molecule has 5 heteroatoms. The summed E-state index contributed by atoms with van der Waals surface area (Å²) in [6, 6.07) is 0. The van der Waals surface area contributed by atoms with Crippen LogP contribution in [0.2, 0.25) is 0 Å². The second-order valence-corrected chi connectivity index (χ2v) is 3.59. The maximum absolute atomic E-state index is 11.0. The van der Waals surface area contributed by atoms with Crippen molar-refractivity contribution in [3.05, 3.63) is 0 Å². The van der Waals surface area contributed by atoms with Gasteiger partial charge in [-0.05, 0) is 20.8 Å². The first-order valence-corrected chi connectivity index (χ1v) is 3.84. The van der Waals surface area contributed by atoms with Crippen LogP contribution in [-0.4, -0.2) is 24.4 Å². The van der Waals surface area contributed by atoms with Gasteiger partial charge in [-0.1, -0.05) is 0 Å². The van der Waals surface area contributed by atoms with Crippen LogP contribution in [0.25, 0.3) is 0 Å². The fraction of sp³-hybridized carbons (Fsp3) is 0.857. The number of carbonyl (C=O) groups is 1. The standard InChI is InChI=1S/C7H13N3O2/c1-7(2,3)12-6(11)8-4-5-9-10-5/h5H,4H2,1-3H3,(H,8,11). The number of carbonyl (C=O) groups excluding carboxylic acids is 1. The first-order valence-electron chi connectivity index (χ1n) is 3.84. The SMILES string of the molecule is CC(C)(C)OC(=O)NCC1N=N1. The van der Waals surface area contributed by atoms with E-state index in [1.165, 1.54) is 0 Å². The van der Waals surface area contributed by atoms with E-state index < -0.39 is 11.7 Å². The Labute approximate surface area is 71.2 Å². The molecule has 0 saturated carbocycles. The van der Waals surface area contributed by atoms with Gasteiger partial charge in [0.2, 0.25) is 0 Å². The third kappa shape index (κ3) is 3.90. The van der Waals surface area contributed by atoms with Crippen LogP contribution in [0.15, 0.2) is 10.2 Å². The zero-order valence-electron chi connectivity index (χ0n) is 7.50. The topological polar surface area (TPSA) is 63.0 Å². The average Bonchev–Trinajstić information content (AvgIpc) is 2.61. The lowest BCUT2D eigenvalue weighted by molar-refractivity contribution is 0.0527. The van der Waals surface area contributed by atoms with Gasteiger partial charge in [0.05, 0.1) is 6.54 Å². The molecule has 0 fully saturated rings. The molecule has 0 spiro atoms. The highest BCUT2D eigenvalue weighted by atomic mass is 16.6. The predicted molar refractivity (Wildman–Crippen MR) is 42.9 cm³/mol. The molecular formula is C7H13N3O2. The third-order valence-corrected chi connectivity index (χ3v) is 1.11. The van der Waals surface area contributed by atoms with Crippen LogP contribution in [-0.2, 0) is 4.74 Å². The second-order valence-electron chi connectivity index (χ2n) is 3.59. The van der Waals surface area contributed by atoms with Gasteiger partial charge in [0.15, 0.2) is 6.17 Å². The van der Waals surface area contributed by atoms with Gasteiger partial charge in [0.1, 0.15) is 5.60 Å². The van der Waals surface area contributed by atoms with Crippen LogP contribution in [0.1, 0.15) is 20.8 Å². The van der Waals surface area contributed by atoms with Crippen molar-refractivity contribution in [2.45, 2.75) is 32.5 Å². The number of nitrogens with one attached hydrogen (secondary N) is 1. The summed E-state index contributed by atoms with van der Waals surface area (Å²) in [5.74, 6) is 0. The van der Waals surface area contributed by atoms with E-state index in [0.717, 1.165) is 0 Å². The smallest absolute Gasteiger partial charge is 0.407 e. The largest absolute Gasteiger partial charge is 0.444 e. The van der Waals surface area contributed by atoms with E-state index in [1.54, 1.807) is 0 Å². The summed E-state index contributed by atoms with van der Waals surface area (Å²) in [6.07, 6.45) is -0.461. The van der Waals surface area contributed by atoms with Gasteiger partial charge in [-0.25, -0.2) is 4.79 Å². The number of amides is 1. The molecule has 1 aliphatic rings. The lowest BCUT2D eigenvalue weighted by Gasteiger charge is -2.19. The van der Waals surface area contributed by atoms with Crippen molar-refractivity contribution in [3.8, 4) is 0 Å². The minimum Gasteiger partial charge on any atom is -0.444 e. The van der Waals surface area contributed by atoms with E-state index in [-0.39, 0.29) is 6.17 Å². The van der Waals surface area contributed by atoms with Crippen LogP contribution in [0.4, 0.5) is 4.79 Å². The number of ether oxygens (including phenoxy) is 1. The summed E-state index contributed by atoms with van der Waals surface area (Å²) in [4.78, 5) is 11.0. The van der Waals surface area contributed by atoms with Crippen molar-refractivity contribution in [3.63, 3.8) is 0 Å². The van der Waals surface area contributed by atoms with Gasteiger partial charge in [-0.15, -0.1) is 0 Å².